The minimum Gasteiger partial charge on any atom is -0.378 e. The van der Waals surface area contributed by atoms with Crippen LogP contribution < -0.4 is 10.2 Å². The second kappa shape index (κ2) is 7.01. The van der Waals surface area contributed by atoms with Gasteiger partial charge in [0.25, 0.3) is 0 Å². The highest BCUT2D eigenvalue weighted by Crippen LogP contribution is 2.21. The number of anilines is 2. The minimum atomic E-state index is -0.449. The molecule has 3 heterocycles. The van der Waals surface area contributed by atoms with Crippen LogP contribution >= 0.6 is 0 Å². The first kappa shape index (κ1) is 15.2. The molecule has 0 bridgehead atoms. The summed E-state index contributed by atoms with van der Waals surface area (Å²) in [6.07, 6.45) is 3.29. The molecule has 1 saturated heterocycles. The Hall–Kier alpha value is -2.74. The van der Waals surface area contributed by atoms with Crippen LogP contribution in [0, 0.1) is 10.1 Å². The molecule has 8 heteroatoms. The molecular formula is C15H17N5O3. The Balaban J connectivity index is 1.64. The van der Waals surface area contributed by atoms with Crippen LogP contribution in [0.1, 0.15) is 5.56 Å². The second-order valence-electron chi connectivity index (χ2n) is 5.11. The summed E-state index contributed by atoms with van der Waals surface area (Å²) in [7, 11) is 0. The summed E-state index contributed by atoms with van der Waals surface area (Å²) in [5, 5.41) is 13.9. The number of rotatable bonds is 5. The lowest BCUT2D eigenvalue weighted by molar-refractivity contribution is -0.384. The second-order valence-corrected chi connectivity index (χ2v) is 5.11. The average Bonchev–Trinajstić information content (AvgIpc) is 2.61. The molecule has 2 aromatic rings. The standard InChI is InChI=1S/C15H17N5O3/c21-20(22)13-2-1-5-16-15(13)18-11-12-3-4-14(17-10-12)19-6-8-23-9-7-19/h1-5,10H,6-9,11H2,(H,16,18). The van der Waals surface area contributed by atoms with Gasteiger partial charge in [-0.15, -0.1) is 0 Å². The first-order valence-corrected chi connectivity index (χ1v) is 7.35. The maximum absolute atomic E-state index is 11.0. The number of nitrogens with zero attached hydrogens (tertiary/aromatic N) is 4. The van der Waals surface area contributed by atoms with Gasteiger partial charge in [-0.05, 0) is 17.7 Å². The van der Waals surface area contributed by atoms with E-state index in [0.29, 0.717) is 19.8 Å². The van der Waals surface area contributed by atoms with Crippen LogP contribution in [0.2, 0.25) is 0 Å². The molecule has 1 fully saturated rings. The van der Waals surface area contributed by atoms with E-state index in [0.717, 1.165) is 24.5 Å². The number of nitro groups is 1. The number of aromatic nitrogens is 2. The number of ether oxygens (including phenoxy) is 1. The van der Waals surface area contributed by atoms with Crippen molar-refractivity contribution in [1.82, 2.24) is 9.97 Å². The summed E-state index contributed by atoms with van der Waals surface area (Å²) >= 11 is 0. The average molecular weight is 315 g/mol. The molecule has 120 valence electrons. The molecule has 0 amide bonds. The molecule has 8 nitrogen and oxygen atoms in total. The highest BCUT2D eigenvalue weighted by Gasteiger charge is 2.14. The molecule has 0 aromatic carbocycles. The molecule has 1 aliphatic rings. The molecule has 0 saturated carbocycles. The van der Waals surface area contributed by atoms with Gasteiger partial charge in [-0.1, -0.05) is 6.07 Å². The van der Waals surface area contributed by atoms with E-state index in [-0.39, 0.29) is 11.5 Å². The fourth-order valence-corrected chi connectivity index (χ4v) is 2.37. The van der Waals surface area contributed by atoms with Gasteiger partial charge in [0, 0.05) is 38.1 Å². The first-order chi connectivity index (χ1) is 11.2. The summed E-state index contributed by atoms with van der Waals surface area (Å²) in [4.78, 5) is 21.1. The van der Waals surface area contributed by atoms with Gasteiger partial charge in [-0.2, -0.15) is 0 Å². The Labute approximate surface area is 133 Å². The Bertz CT molecular complexity index is 671. The van der Waals surface area contributed by atoms with Crippen LogP contribution in [0.5, 0.6) is 0 Å². The molecule has 0 radical (unpaired) electrons. The van der Waals surface area contributed by atoms with Crippen molar-refractivity contribution in [3.63, 3.8) is 0 Å². The third-order valence-corrected chi connectivity index (χ3v) is 3.59. The van der Waals surface area contributed by atoms with Gasteiger partial charge in [-0.3, -0.25) is 10.1 Å². The van der Waals surface area contributed by atoms with E-state index >= 15 is 0 Å². The number of hydrogen-bond acceptors (Lipinski definition) is 7. The number of pyridine rings is 2. The lowest BCUT2D eigenvalue weighted by Crippen LogP contribution is -2.36. The van der Waals surface area contributed by atoms with Crippen molar-refractivity contribution >= 4 is 17.3 Å². The van der Waals surface area contributed by atoms with E-state index in [4.69, 9.17) is 4.74 Å². The van der Waals surface area contributed by atoms with Crippen molar-refractivity contribution in [1.29, 1.82) is 0 Å². The summed E-state index contributed by atoms with van der Waals surface area (Å²) in [6.45, 7) is 3.53. The molecule has 0 spiro atoms. The summed E-state index contributed by atoms with van der Waals surface area (Å²) in [5.41, 5.74) is 0.896. The molecule has 1 aliphatic heterocycles. The van der Waals surface area contributed by atoms with E-state index < -0.39 is 4.92 Å². The van der Waals surface area contributed by atoms with Crippen LogP contribution in [0.3, 0.4) is 0 Å². The molecular weight excluding hydrogens is 298 g/mol. The molecule has 0 unspecified atom stereocenters. The van der Waals surface area contributed by atoms with Gasteiger partial charge in [0.2, 0.25) is 5.82 Å². The van der Waals surface area contributed by atoms with Gasteiger partial charge >= 0.3 is 5.69 Å². The zero-order chi connectivity index (χ0) is 16.1. The monoisotopic (exact) mass is 315 g/mol. The van der Waals surface area contributed by atoms with Crippen LogP contribution in [0.25, 0.3) is 0 Å². The van der Waals surface area contributed by atoms with E-state index in [1.807, 2.05) is 12.1 Å². The fraction of sp³-hybridized carbons (Fsp3) is 0.333. The highest BCUT2D eigenvalue weighted by atomic mass is 16.6. The Kier molecular flexibility index (Phi) is 4.62. The largest absolute Gasteiger partial charge is 0.378 e. The molecule has 2 aromatic heterocycles. The van der Waals surface area contributed by atoms with Crippen molar-refractivity contribution in [2.24, 2.45) is 0 Å². The lowest BCUT2D eigenvalue weighted by atomic mass is 10.2. The van der Waals surface area contributed by atoms with E-state index in [1.165, 1.54) is 12.3 Å². The zero-order valence-electron chi connectivity index (χ0n) is 12.5. The van der Waals surface area contributed by atoms with Gasteiger partial charge < -0.3 is 15.0 Å². The molecule has 0 atom stereocenters. The third kappa shape index (κ3) is 3.72. The van der Waals surface area contributed by atoms with Crippen LogP contribution in [-0.4, -0.2) is 41.2 Å². The van der Waals surface area contributed by atoms with E-state index in [1.54, 1.807) is 12.3 Å². The maximum atomic E-state index is 11.0. The van der Waals surface area contributed by atoms with Crippen molar-refractivity contribution in [2.75, 3.05) is 36.5 Å². The van der Waals surface area contributed by atoms with Gasteiger partial charge in [0.05, 0.1) is 18.1 Å². The Morgan fingerprint density at radius 3 is 2.78 bits per heavy atom. The normalized spacial score (nSPS) is 14.5. The zero-order valence-corrected chi connectivity index (χ0v) is 12.5. The van der Waals surface area contributed by atoms with Crippen LogP contribution in [0.4, 0.5) is 17.3 Å². The quantitative estimate of drug-likeness (QED) is 0.664. The summed E-state index contributed by atoms with van der Waals surface area (Å²) < 4.78 is 5.32. The first-order valence-electron chi connectivity index (χ1n) is 7.35. The van der Waals surface area contributed by atoms with Gasteiger partial charge in [-0.25, -0.2) is 9.97 Å². The predicted octanol–water partition coefficient (Wildman–Crippen LogP) is 1.83. The third-order valence-electron chi connectivity index (χ3n) is 3.59. The van der Waals surface area contributed by atoms with Crippen LogP contribution in [0.15, 0.2) is 36.7 Å². The molecule has 0 aliphatic carbocycles. The number of nitrogens with one attached hydrogen (secondary N) is 1. The van der Waals surface area contributed by atoms with Crippen molar-refractivity contribution in [3.8, 4) is 0 Å². The van der Waals surface area contributed by atoms with Crippen molar-refractivity contribution in [3.05, 3.63) is 52.3 Å². The van der Waals surface area contributed by atoms with Gasteiger partial charge in [0.1, 0.15) is 5.82 Å². The van der Waals surface area contributed by atoms with Crippen molar-refractivity contribution < 1.29 is 9.66 Å². The predicted molar refractivity (Wildman–Crippen MR) is 85.5 cm³/mol. The topological polar surface area (TPSA) is 93.4 Å². The van der Waals surface area contributed by atoms with Crippen molar-refractivity contribution in [2.45, 2.75) is 6.54 Å². The molecule has 3 rings (SSSR count). The minimum absolute atomic E-state index is 0.0367. The number of morpholine rings is 1. The van der Waals surface area contributed by atoms with Crippen LogP contribution in [-0.2, 0) is 11.3 Å². The van der Waals surface area contributed by atoms with E-state index in [9.17, 15) is 10.1 Å². The summed E-state index contributed by atoms with van der Waals surface area (Å²) in [5.74, 6) is 1.18. The molecule has 1 N–H and O–H groups in total. The maximum Gasteiger partial charge on any atom is 0.311 e. The van der Waals surface area contributed by atoms with E-state index in [2.05, 4.69) is 20.2 Å². The Morgan fingerprint density at radius 2 is 2.09 bits per heavy atom. The molecule has 23 heavy (non-hydrogen) atoms. The fourth-order valence-electron chi connectivity index (χ4n) is 2.37. The summed E-state index contributed by atoms with van der Waals surface area (Å²) in [6, 6.07) is 6.88. The highest BCUT2D eigenvalue weighted by molar-refractivity contribution is 5.55. The van der Waals surface area contributed by atoms with Gasteiger partial charge in [0.15, 0.2) is 0 Å². The Morgan fingerprint density at radius 1 is 1.26 bits per heavy atom. The number of hydrogen-bond donors (Lipinski definition) is 1. The SMILES string of the molecule is O=[N+]([O-])c1cccnc1NCc1ccc(N2CCOCC2)nc1. The smallest absolute Gasteiger partial charge is 0.311 e. The lowest BCUT2D eigenvalue weighted by Gasteiger charge is -2.27.